The maximum Gasteiger partial charge on any atom is 0.167 e. The van der Waals surface area contributed by atoms with Gasteiger partial charge in [-0.3, -0.25) is 4.57 Å². The van der Waals surface area contributed by atoms with E-state index in [1.165, 1.54) is 17.2 Å². The molecule has 0 amide bonds. The first-order chi connectivity index (χ1) is 13.1. The van der Waals surface area contributed by atoms with Crippen molar-refractivity contribution in [2.75, 3.05) is 11.9 Å². The number of aliphatic hydroxyl groups excluding tert-OH is 3. The van der Waals surface area contributed by atoms with Gasteiger partial charge in [-0.25, -0.2) is 15.0 Å². The van der Waals surface area contributed by atoms with E-state index in [4.69, 9.17) is 4.74 Å². The molecule has 1 aliphatic heterocycles. The van der Waals surface area contributed by atoms with Crippen molar-refractivity contribution < 1.29 is 25.2 Å². The van der Waals surface area contributed by atoms with E-state index in [-0.39, 0.29) is 5.75 Å². The van der Waals surface area contributed by atoms with E-state index < -0.39 is 31.1 Å². The van der Waals surface area contributed by atoms with Gasteiger partial charge in [0, 0.05) is 6.54 Å². The van der Waals surface area contributed by atoms with E-state index >= 15 is 0 Å². The summed E-state index contributed by atoms with van der Waals surface area (Å²) in [5, 5.41) is 41.9. The quantitative estimate of drug-likeness (QED) is 0.409. The van der Waals surface area contributed by atoms with Crippen LogP contribution in [0.2, 0.25) is 0 Å². The van der Waals surface area contributed by atoms with Crippen LogP contribution in [0, 0.1) is 0 Å². The molecule has 4 unspecified atom stereocenters. The van der Waals surface area contributed by atoms with Gasteiger partial charge in [-0.2, -0.15) is 0 Å². The van der Waals surface area contributed by atoms with E-state index in [0.29, 0.717) is 23.5 Å². The summed E-state index contributed by atoms with van der Waals surface area (Å²) in [6.45, 7) is 0.0584. The minimum Gasteiger partial charge on any atom is -0.508 e. The normalized spacial score (nSPS) is 25.1. The highest BCUT2D eigenvalue weighted by Gasteiger charge is 2.44. The number of aromatic hydroxyl groups is 1. The average Bonchev–Trinajstić information content (AvgIpc) is 3.23. The maximum atomic E-state index is 10.2. The van der Waals surface area contributed by atoms with E-state index in [1.807, 2.05) is 0 Å². The lowest BCUT2D eigenvalue weighted by atomic mass is 10.1. The number of phenolic OH excluding ortho intramolecular Hbond substituents is 1. The number of imidazole rings is 1. The third-order valence-electron chi connectivity index (χ3n) is 4.55. The van der Waals surface area contributed by atoms with Gasteiger partial charge in [0.1, 0.15) is 30.4 Å². The lowest BCUT2D eigenvalue weighted by molar-refractivity contribution is -0.0511. The van der Waals surface area contributed by atoms with Crippen LogP contribution in [-0.4, -0.2) is 64.9 Å². The zero-order chi connectivity index (χ0) is 19.0. The van der Waals surface area contributed by atoms with Crippen LogP contribution in [0.4, 0.5) is 5.82 Å². The van der Waals surface area contributed by atoms with E-state index in [2.05, 4.69) is 20.3 Å². The van der Waals surface area contributed by atoms with Crippen molar-refractivity contribution in [3.05, 3.63) is 42.5 Å². The number of benzene rings is 1. The van der Waals surface area contributed by atoms with Gasteiger partial charge in [0.2, 0.25) is 0 Å². The van der Waals surface area contributed by atoms with Gasteiger partial charge in [0.05, 0.1) is 12.9 Å². The molecule has 1 saturated heterocycles. The summed E-state index contributed by atoms with van der Waals surface area (Å²) in [4.78, 5) is 12.7. The summed E-state index contributed by atoms with van der Waals surface area (Å²) < 4.78 is 7.04. The van der Waals surface area contributed by atoms with Crippen molar-refractivity contribution >= 4 is 17.0 Å². The van der Waals surface area contributed by atoms with Crippen molar-refractivity contribution in [2.45, 2.75) is 31.1 Å². The molecule has 0 spiro atoms. The minimum absolute atomic E-state index is 0.195. The van der Waals surface area contributed by atoms with Gasteiger partial charge in [-0.05, 0) is 17.7 Å². The Hall–Kier alpha value is -2.79. The molecule has 1 aromatic carbocycles. The lowest BCUT2D eigenvalue weighted by Crippen LogP contribution is -2.33. The summed E-state index contributed by atoms with van der Waals surface area (Å²) in [7, 11) is 0. The largest absolute Gasteiger partial charge is 0.508 e. The molecule has 4 rings (SSSR count). The van der Waals surface area contributed by atoms with Crippen LogP contribution in [-0.2, 0) is 11.3 Å². The Balaban J connectivity index is 1.59. The third kappa shape index (κ3) is 3.19. The Morgan fingerprint density at radius 1 is 1.07 bits per heavy atom. The van der Waals surface area contributed by atoms with Crippen LogP contribution < -0.4 is 5.32 Å². The minimum atomic E-state index is -1.22. The second-order valence-electron chi connectivity index (χ2n) is 6.30. The van der Waals surface area contributed by atoms with Crippen LogP contribution in [0.25, 0.3) is 11.2 Å². The summed E-state index contributed by atoms with van der Waals surface area (Å²) in [6.07, 6.45) is -1.40. The molecule has 142 valence electrons. The van der Waals surface area contributed by atoms with Crippen molar-refractivity contribution in [1.29, 1.82) is 0 Å². The lowest BCUT2D eigenvalue weighted by Gasteiger charge is -2.16. The van der Waals surface area contributed by atoms with Gasteiger partial charge in [-0.1, -0.05) is 12.1 Å². The number of phenols is 1. The van der Waals surface area contributed by atoms with Crippen LogP contribution in [0.5, 0.6) is 5.75 Å². The molecule has 3 aromatic rings. The second-order valence-corrected chi connectivity index (χ2v) is 6.30. The van der Waals surface area contributed by atoms with Crippen molar-refractivity contribution in [1.82, 2.24) is 19.5 Å². The summed E-state index contributed by atoms with van der Waals surface area (Å²) in [5.74, 6) is 0.694. The highest BCUT2D eigenvalue weighted by Crippen LogP contribution is 2.32. The van der Waals surface area contributed by atoms with Gasteiger partial charge in [0.15, 0.2) is 23.2 Å². The summed E-state index contributed by atoms with van der Waals surface area (Å²) >= 11 is 0. The predicted molar refractivity (Wildman–Crippen MR) is 93.8 cm³/mol. The number of fused-ring (bicyclic) bond motifs is 1. The summed E-state index contributed by atoms with van der Waals surface area (Å²) in [5.41, 5.74) is 1.85. The molecule has 0 saturated carbocycles. The van der Waals surface area contributed by atoms with Crippen LogP contribution >= 0.6 is 0 Å². The number of rotatable bonds is 5. The van der Waals surface area contributed by atoms with E-state index in [9.17, 15) is 20.4 Å². The number of aliphatic hydroxyl groups is 3. The van der Waals surface area contributed by atoms with Crippen molar-refractivity contribution in [3.63, 3.8) is 0 Å². The first kappa shape index (κ1) is 17.6. The standard InChI is InChI=1S/C17H19N5O5/c23-6-11-13(25)14(26)17(27-11)22-8-21-12-15(19-7-20-16(12)22)18-5-9-1-3-10(24)4-2-9/h1-4,7-8,11,13-14,17,23-26H,5-6H2,(H,18,19,20). The van der Waals surface area contributed by atoms with Crippen LogP contribution in [0.1, 0.15) is 11.8 Å². The number of hydrogen-bond donors (Lipinski definition) is 5. The number of nitrogens with zero attached hydrogens (tertiary/aromatic N) is 4. The molecule has 0 aliphatic carbocycles. The van der Waals surface area contributed by atoms with Crippen molar-refractivity contribution in [2.24, 2.45) is 0 Å². The molecule has 3 heterocycles. The second kappa shape index (κ2) is 7.08. The smallest absolute Gasteiger partial charge is 0.167 e. The van der Waals surface area contributed by atoms with Gasteiger partial charge >= 0.3 is 0 Å². The Morgan fingerprint density at radius 2 is 1.85 bits per heavy atom. The zero-order valence-corrected chi connectivity index (χ0v) is 14.2. The molecule has 1 fully saturated rings. The number of hydrogen-bond acceptors (Lipinski definition) is 9. The van der Waals surface area contributed by atoms with Gasteiger partial charge < -0.3 is 30.5 Å². The Morgan fingerprint density at radius 3 is 2.56 bits per heavy atom. The molecule has 1 aliphatic rings. The molecule has 2 aromatic heterocycles. The van der Waals surface area contributed by atoms with Gasteiger partial charge in [0.25, 0.3) is 0 Å². The molecule has 10 nitrogen and oxygen atoms in total. The molecule has 0 radical (unpaired) electrons. The predicted octanol–water partition coefficient (Wildman–Crippen LogP) is -0.245. The van der Waals surface area contributed by atoms with E-state index in [0.717, 1.165) is 5.56 Å². The highest BCUT2D eigenvalue weighted by molar-refractivity contribution is 5.82. The van der Waals surface area contributed by atoms with Crippen LogP contribution in [0.15, 0.2) is 36.9 Å². The maximum absolute atomic E-state index is 10.2. The fraction of sp³-hybridized carbons (Fsp3) is 0.353. The first-order valence-corrected chi connectivity index (χ1v) is 8.40. The third-order valence-corrected chi connectivity index (χ3v) is 4.55. The number of aromatic nitrogens is 4. The Labute approximate surface area is 153 Å². The van der Waals surface area contributed by atoms with E-state index in [1.54, 1.807) is 24.3 Å². The molecular weight excluding hydrogens is 354 g/mol. The highest BCUT2D eigenvalue weighted by atomic mass is 16.6. The number of nitrogens with one attached hydrogen (secondary N) is 1. The monoisotopic (exact) mass is 373 g/mol. The topological polar surface area (TPSA) is 146 Å². The molecular formula is C17H19N5O5. The fourth-order valence-corrected chi connectivity index (χ4v) is 3.08. The molecule has 5 N–H and O–H groups in total. The Bertz CT molecular complexity index is 931. The molecule has 4 atom stereocenters. The summed E-state index contributed by atoms with van der Waals surface area (Å²) in [6, 6.07) is 6.78. The fourth-order valence-electron chi connectivity index (χ4n) is 3.08. The number of ether oxygens (including phenoxy) is 1. The average molecular weight is 373 g/mol. The molecule has 27 heavy (non-hydrogen) atoms. The molecule has 10 heteroatoms. The number of anilines is 1. The van der Waals surface area contributed by atoms with Crippen LogP contribution in [0.3, 0.4) is 0 Å². The SMILES string of the molecule is OCC1OC(n2cnc3c(NCc4ccc(O)cc4)ncnc32)C(O)C1O. The van der Waals surface area contributed by atoms with Crippen molar-refractivity contribution in [3.8, 4) is 5.75 Å². The molecule has 0 bridgehead atoms. The van der Waals surface area contributed by atoms with Gasteiger partial charge in [-0.15, -0.1) is 0 Å². The zero-order valence-electron chi connectivity index (χ0n) is 14.2. The first-order valence-electron chi connectivity index (χ1n) is 8.40. The Kier molecular flexibility index (Phi) is 4.62.